The summed E-state index contributed by atoms with van der Waals surface area (Å²) < 4.78 is 12.3. The predicted molar refractivity (Wildman–Crippen MR) is 132 cm³/mol. The normalized spacial score (nSPS) is 9.30. The number of hydrogen-bond acceptors (Lipinski definition) is 2. The molecule has 162 valence electrons. The molecule has 0 aliphatic heterocycles. The van der Waals surface area contributed by atoms with Gasteiger partial charge in [-0.15, -0.1) is 6.58 Å². The van der Waals surface area contributed by atoms with Crippen molar-refractivity contribution in [1.82, 2.24) is 0 Å². The predicted octanol–water partition coefficient (Wildman–Crippen LogP) is 7.21. The fourth-order valence-electron chi connectivity index (χ4n) is 2.58. The van der Waals surface area contributed by atoms with Gasteiger partial charge in [0.05, 0.1) is 0 Å². The molecule has 0 atom stereocenters. The SMILES string of the molecule is C=C(CN)c1cc(C)cc(CCC(=N)C=C(C)C)c1.C=CC.Cc1ccccc1F. The molecule has 0 aliphatic rings. The van der Waals surface area contributed by atoms with Crippen LogP contribution in [0.1, 0.15) is 49.4 Å². The Bertz CT molecular complexity index is 838. The van der Waals surface area contributed by atoms with Crippen LogP contribution in [0.15, 0.2) is 73.3 Å². The van der Waals surface area contributed by atoms with Crippen molar-refractivity contribution >= 4 is 11.3 Å². The molecule has 2 aromatic rings. The number of nitrogens with two attached hydrogens (primary N) is 1. The highest BCUT2D eigenvalue weighted by atomic mass is 19.1. The number of hydrogen-bond donors (Lipinski definition) is 2. The summed E-state index contributed by atoms with van der Waals surface area (Å²) in [6.07, 6.45) is 5.33. The maximum atomic E-state index is 12.3. The Morgan fingerprint density at radius 2 is 1.73 bits per heavy atom. The molecule has 0 aliphatic carbocycles. The first-order valence-corrected chi connectivity index (χ1v) is 10.1. The Morgan fingerprint density at radius 3 is 2.20 bits per heavy atom. The fraction of sp³-hybridized carbons (Fsp3) is 0.296. The van der Waals surface area contributed by atoms with E-state index in [1.165, 1.54) is 22.8 Å². The third-order valence-electron chi connectivity index (χ3n) is 4.01. The second kappa shape index (κ2) is 15.1. The van der Waals surface area contributed by atoms with E-state index in [0.717, 1.165) is 24.0 Å². The Kier molecular flexibility index (Phi) is 13.7. The van der Waals surface area contributed by atoms with Crippen LogP contribution in [-0.2, 0) is 6.42 Å². The number of aryl methyl sites for hydroxylation is 3. The van der Waals surface area contributed by atoms with Gasteiger partial charge in [0.1, 0.15) is 5.82 Å². The molecule has 2 nitrogen and oxygen atoms in total. The molecule has 0 amide bonds. The lowest BCUT2D eigenvalue weighted by molar-refractivity contribution is 0.618. The monoisotopic (exact) mass is 408 g/mol. The fourth-order valence-corrected chi connectivity index (χ4v) is 2.58. The van der Waals surface area contributed by atoms with Gasteiger partial charge in [0.15, 0.2) is 0 Å². The topological polar surface area (TPSA) is 49.9 Å². The van der Waals surface area contributed by atoms with Crippen LogP contribution in [0.3, 0.4) is 0 Å². The van der Waals surface area contributed by atoms with Crippen LogP contribution in [0.2, 0.25) is 0 Å². The maximum Gasteiger partial charge on any atom is 0.126 e. The smallest absolute Gasteiger partial charge is 0.126 e. The van der Waals surface area contributed by atoms with Crippen molar-refractivity contribution in [3.8, 4) is 0 Å². The van der Waals surface area contributed by atoms with Crippen LogP contribution >= 0.6 is 0 Å². The molecule has 0 radical (unpaired) electrons. The van der Waals surface area contributed by atoms with E-state index in [4.69, 9.17) is 11.1 Å². The standard InChI is InChI=1S/C17H24N2.C7H7F.C3H6/c1-12(2)7-17(19)6-5-15-8-13(3)9-16(10-15)14(4)11-18;1-6-4-2-3-5-7(6)8;1-3-2/h7-10,19H,4-6,11,18H2,1-3H3;2-5H,1H3;3H,1H2,2H3. The summed E-state index contributed by atoms with van der Waals surface area (Å²) in [5.41, 5.74) is 12.7. The molecule has 0 heterocycles. The van der Waals surface area contributed by atoms with Crippen molar-refractivity contribution in [2.24, 2.45) is 5.73 Å². The van der Waals surface area contributed by atoms with Crippen molar-refractivity contribution in [2.75, 3.05) is 6.54 Å². The minimum absolute atomic E-state index is 0.132. The first-order chi connectivity index (χ1) is 14.1. The first-order valence-electron chi connectivity index (χ1n) is 10.1. The van der Waals surface area contributed by atoms with Crippen LogP contribution in [0.5, 0.6) is 0 Å². The molecule has 2 rings (SSSR count). The van der Waals surface area contributed by atoms with Crippen molar-refractivity contribution in [1.29, 1.82) is 5.41 Å². The average Bonchev–Trinajstić information content (AvgIpc) is 2.68. The van der Waals surface area contributed by atoms with Crippen molar-refractivity contribution in [2.45, 2.75) is 47.5 Å². The minimum atomic E-state index is -0.132. The third-order valence-corrected chi connectivity index (χ3v) is 4.01. The van der Waals surface area contributed by atoms with Gasteiger partial charge in [0.2, 0.25) is 0 Å². The Balaban J connectivity index is 0.000000628. The van der Waals surface area contributed by atoms with Crippen LogP contribution in [0.25, 0.3) is 5.57 Å². The molecule has 0 unspecified atom stereocenters. The van der Waals surface area contributed by atoms with E-state index in [2.05, 4.69) is 38.3 Å². The van der Waals surface area contributed by atoms with E-state index in [1.54, 1.807) is 25.1 Å². The highest BCUT2D eigenvalue weighted by molar-refractivity contribution is 5.92. The van der Waals surface area contributed by atoms with Gasteiger partial charge in [-0.3, -0.25) is 0 Å². The molecule has 0 fully saturated rings. The number of halogens is 1. The largest absolute Gasteiger partial charge is 0.326 e. The molecule has 0 bridgehead atoms. The molecule has 3 N–H and O–H groups in total. The zero-order valence-corrected chi connectivity index (χ0v) is 19.2. The summed E-state index contributed by atoms with van der Waals surface area (Å²) in [4.78, 5) is 0. The lowest BCUT2D eigenvalue weighted by Gasteiger charge is -2.09. The van der Waals surface area contributed by atoms with Gasteiger partial charge in [0.25, 0.3) is 0 Å². The molecule has 0 aromatic heterocycles. The third kappa shape index (κ3) is 11.9. The molecule has 2 aromatic carbocycles. The summed E-state index contributed by atoms with van der Waals surface area (Å²) in [7, 11) is 0. The Hall–Kier alpha value is -2.78. The van der Waals surface area contributed by atoms with E-state index in [-0.39, 0.29) is 5.82 Å². The number of rotatable bonds is 6. The van der Waals surface area contributed by atoms with E-state index >= 15 is 0 Å². The van der Waals surface area contributed by atoms with Gasteiger partial charge in [-0.2, -0.15) is 0 Å². The van der Waals surface area contributed by atoms with E-state index in [0.29, 0.717) is 17.8 Å². The lowest BCUT2D eigenvalue weighted by atomic mass is 9.98. The van der Waals surface area contributed by atoms with Gasteiger partial charge >= 0.3 is 0 Å². The molecule has 0 saturated heterocycles. The zero-order chi connectivity index (χ0) is 23.1. The van der Waals surface area contributed by atoms with Crippen LogP contribution < -0.4 is 5.73 Å². The highest BCUT2D eigenvalue weighted by Crippen LogP contribution is 2.17. The summed E-state index contributed by atoms with van der Waals surface area (Å²) in [5.74, 6) is -0.132. The molecule has 30 heavy (non-hydrogen) atoms. The first kappa shape index (κ1) is 27.2. The van der Waals surface area contributed by atoms with Gasteiger partial charge in [0, 0.05) is 12.3 Å². The number of allylic oxidation sites excluding steroid dienone is 3. The van der Waals surface area contributed by atoms with Crippen molar-refractivity contribution < 1.29 is 4.39 Å². The summed E-state index contributed by atoms with van der Waals surface area (Å²) in [5, 5.41) is 7.88. The summed E-state index contributed by atoms with van der Waals surface area (Å²) in [6.45, 7) is 17.6. The Labute approximate surface area is 182 Å². The van der Waals surface area contributed by atoms with E-state index in [9.17, 15) is 4.39 Å². The van der Waals surface area contributed by atoms with Gasteiger partial charge in [-0.25, -0.2) is 4.39 Å². The molecule has 3 heteroatoms. The second-order valence-corrected chi connectivity index (χ2v) is 7.42. The van der Waals surface area contributed by atoms with Crippen molar-refractivity contribution in [3.63, 3.8) is 0 Å². The zero-order valence-electron chi connectivity index (χ0n) is 19.2. The quantitative estimate of drug-likeness (QED) is 0.385. The van der Waals surface area contributed by atoms with Crippen LogP contribution in [0, 0.1) is 25.1 Å². The van der Waals surface area contributed by atoms with E-state index < -0.39 is 0 Å². The molecule has 0 spiro atoms. The Morgan fingerprint density at radius 1 is 1.13 bits per heavy atom. The van der Waals surface area contributed by atoms with Gasteiger partial charge in [-0.1, -0.05) is 60.2 Å². The lowest BCUT2D eigenvalue weighted by Crippen LogP contribution is -2.02. The van der Waals surface area contributed by atoms with E-state index in [1.807, 2.05) is 32.9 Å². The molecular weight excluding hydrogens is 371 g/mol. The molecule has 0 saturated carbocycles. The summed E-state index contributed by atoms with van der Waals surface area (Å²) in [6, 6.07) is 13.1. The number of benzene rings is 2. The van der Waals surface area contributed by atoms with Gasteiger partial charge < -0.3 is 11.1 Å². The highest BCUT2D eigenvalue weighted by Gasteiger charge is 2.03. The second-order valence-electron chi connectivity index (χ2n) is 7.42. The van der Waals surface area contributed by atoms with Crippen LogP contribution in [0.4, 0.5) is 4.39 Å². The van der Waals surface area contributed by atoms with Crippen molar-refractivity contribution in [3.05, 3.63) is 101 Å². The minimum Gasteiger partial charge on any atom is -0.326 e. The van der Waals surface area contributed by atoms with Gasteiger partial charge in [-0.05, 0) is 81.9 Å². The maximum absolute atomic E-state index is 12.3. The average molecular weight is 409 g/mol. The van der Waals surface area contributed by atoms with Crippen LogP contribution in [-0.4, -0.2) is 12.3 Å². The summed E-state index contributed by atoms with van der Waals surface area (Å²) >= 11 is 0. The number of nitrogens with one attached hydrogen (secondary N) is 1. The molecular formula is C27H37FN2.